The molecule has 0 fully saturated rings. The number of hydrogen-bond acceptors (Lipinski definition) is 6. The van der Waals surface area contributed by atoms with Gasteiger partial charge in [-0.2, -0.15) is 0 Å². The number of allylic oxidation sites excluding steroid dienone is 1. The Morgan fingerprint density at radius 1 is 1.12 bits per heavy atom. The molecule has 0 aromatic heterocycles. The van der Waals surface area contributed by atoms with Crippen molar-refractivity contribution in [3.63, 3.8) is 0 Å². The van der Waals surface area contributed by atoms with Gasteiger partial charge in [-0.15, -0.1) is 0 Å². The van der Waals surface area contributed by atoms with E-state index in [2.05, 4.69) is 43.4 Å². The van der Waals surface area contributed by atoms with E-state index in [0.29, 0.717) is 31.9 Å². The number of β-amino-alcohol motifs (C(OH)–C–C–N with tert-alkyl or cyclic N) is 1. The SMILES string of the molecule is CCOC(=O)CC/C=C/c1ccc(OC(C)C)cc1[C@@H](C)OC[C@H](O)CNC(C)(C)CC1Cc2ccccc2C1. The first-order valence-electron chi connectivity index (χ1n) is 14.8. The number of ether oxygens (including phenoxy) is 3. The maximum Gasteiger partial charge on any atom is 0.306 e. The van der Waals surface area contributed by atoms with Gasteiger partial charge in [0, 0.05) is 18.5 Å². The molecular formula is C34H49NO5. The number of carbonyl (C=O) groups excluding carboxylic acids is 1. The average molecular weight is 552 g/mol. The highest BCUT2D eigenvalue weighted by Crippen LogP contribution is 2.32. The molecule has 2 aromatic rings. The van der Waals surface area contributed by atoms with Crippen LogP contribution < -0.4 is 10.1 Å². The monoisotopic (exact) mass is 551 g/mol. The summed E-state index contributed by atoms with van der Waals surface area (Å²) in [5.41, 5.74) is 4.85. The standard InChI is InChI=1S/C34H49NO5/c1-7-38-33(37)15-11-10-12-27-16-17-31(40-24(2)3)20-32(27)25(4)39-23-30(36)22-35-34(5,6)21-26-18-28-13-8-9-14-29(28)19-26/h8-10,12-14,16-17,20,24-26,30,35-36H,7,11,15,18-19,21-23H2,1-6H3/b12-10+/t25-,30-/m1/s1. The van der Waals surface area contributed by atoms with Gasteiger partial charge in [-0.3, -0.25) is 4.79 Å². The van der Waals surface area contributed by atoms with E-state index in [1.807, 2.05) is 58.0 Å². The van der Waals surface area contributed by atoms with Crippen molar-refractivity contribution in [1.29, 1.82) is 0 Å². The van der Waals surface area contributed by atoms with Crippen LogP contribution in [0.1, 0.15) is 89.2 Å². The van der Waals surface area contributed by atoms with Gasteiger partial charge in [-0.1, -0.05) is 42.5 Å². The Balaban J connectivity index is 1.52. The van der Waals surface area contributed by atoms with Crippen LogP contribution in [0.15, 0.2) is 48.5 Å². The third kappa shape index (κ3) is 10.4. The molecule has 0 spiro atoms. The van der Waals surface area contributed by atoms with Crippen molar-refractivity contribution in [2.24, 2.45) is 5.92 Å². The van der Waals surface area contributed by atoms with Crippen LogP contribution in [0.3, 0.4) is 0 Å². The zero-order valence-electron chi connectivity index (χ0n) is 25.2. The van der Waals surface area contributed by atoms with Gasteiger partial charge in [-0.25, -0.2) is 0 Å². The van der Waals surface area contributed by atoms with Gasteiger partial charge in [0.15, 0.2) is 0 Å². The Hall–Kier alpha value is -2.67. The lowest BCUT2D eigenvalue weighted by atomic mass is 9.88. The second kappa shape index (κ2) is 15.4. The lowest BCUT2D eigenvalue weighted by molar-refractivity contribution is -0.143. The third-order valence-corrected chi connectivity index (χ3v) is 7.28. The first kappa shape index (κ1) is 31.9. The molecule has 1 aliphatic carbocycles. The summed E-state index contributed by atoms with van der Waals surface area (Å²) in [6.45, 7) is 13.3. The average Bonchev–Trinajstić information content (AvgIpc) is 3.30. The van der Waals surface area contributed by atoms with Gasteiger partial charge in [0.05, 0.1) is 31.5 Å². The smallest absolute Gasteiger partial charge is 0.306 e. The minimum atomic E-state index is -0.624. The molecule has 0 bridgehead atoms. The molecule has 2 N–H and O–H groups in total. The first-order chi connectivity index (χ1) is 19.1. The summed E-state index contributed by atoms with van der Waals surface area (Å²) in [4.78, 5) is 11.7. The molecule has 40 heavy (non-hydrogen) atoms. The van der Waals surface area contributed by atoms with Gasteiger partial charge >= 0.3 is 5.97 Å². The quantitative estimate of drug-likeness (QED) is 0.234. The largest absolute Gasteiger partial charge is 0.491 e. The highest BCUT2D eigenvalue weighted by Gasteiger charge is 2.28. The van der Waals surface area contributed by atoms with Crippen molar-refractivity contribution < 1.29 is 24.1 Å². The van der Waals surface area contributed by atoms with Crippen LogP contribution in [0, 0.1) is 5.92 Å². The van der Waals surface area contributed by atoms with Crippen LogP contribution in [0.2, 0.25) is 0 Å². The predicted octanol–water partition coefficient (Wildman–Crippen LogP) is 6.44. The fourth-order valence-electron chi connectivity index (χ4n) is 5.43. The Morgan fingerprint density at radius 2 is 1.82 bits per heavy atom. The maximum atomic E-state index is 11.7. The number of esters is 1. The van der Waals surface area contributed by atoms with E-state index >= 15 is 0 Å². The molecule has 6 heteroatoms. The van der Waals surface area contributed by atoms with Crippen molar-refractivity contribution in [1.82, 2.24) is 5.32 Å². The van der Waals surface area contributed by atoms with Gasteiger partial charge in [0.1, 0.15) is 5.75 Å². The van der Waals surface area contributed by atoms with E-state index in [4.69, 9.17) is 14.2 Å². The van der Waals surface area contributed by atoms with E-state index in [1.165, 1.54) is 11.1 Å². The summed E-state index contributed by atoms with van der Waals surface area (Å²) in [7, 11) is 0. The summed E-state index contributed by atoms with van der Waals surface area (Å²) in [6.07, 6.45) is 7.44. The fraction of sp³-hybridized carbons (Fsp3) is 0.559. The molecule has 0 radical (unpaired) electrons. The van der Waals surface area contributed by atoms with Crippen molar-refractivity contribution in [3.8, 4) is 5.75 Å². The van der Waals surface area contributed by atoms with E-state index in [0.717, 1.165) is 36.1 Å². The molecule has 0 aliphatic heterocycles. The molecule has 0 saturated heterocycles. The summed E-state index contributed by atoms with van der Waals surface area (Å²) >= 11 is 0. The van der Waals surface area contributed by atoms with Crippen LogP contribution >= 0.6 is 0 Å². The van der Waals surface area contributed by atoms with Crippen LogP contribution in [0.25, 0.3) is 6.08 Å². The number of rotatable bonds is 16. The van der Waals surface area contributed by atoms with Crippen molar-refractivity contribution >= 4 is 12.0 Å². The Morgan fingerprint density at radius 3 is 2.48 bits per heavy atom. The van der Waals surface area contributed by atoms with Crippen LogP contribution in [-0.4, -0.2) is 48.6 Å². The molecular weight excluding hydrogens is 502 g/mol. The summed E-state index contributed by atoms with van der Waals surface area (Å²) in [5, 5.41) is 14.3. The highest BCUT2D eigenvalue weighted by atomic mass is 16.5. The topological polar surface area (TPSA) is 77.0 Å². The van der Waals surface area contributed by atoms with Crippen molar-refractivity contribution in [2.75, 3.05) is 19.8 Å². The van der Waals surface area contributed by atoms with E-state index < -0.39 is 6.10 Å². The molecule has 2 atom stereocenters. The molecule has 0 saturated carbocycles. The lowest BCUT2D eigenvalue weighted by Crippen LogP contribution is -2.45. The van der Waals surface area contributed by atoms with Gasteiger partial charge in [0.2, 0.25) is 0 Å². The summed E-state index contributed by atoms with van der Waals surface area (Å²) < 4.78 is 17.1. The molecule has 0 unspecified atom stereocenters. The number of aliphatic hydroxyl groups is 1. The predicted molar refractivity (Wildman–Crippen MR) is 162 cm³/mol. The van der Waals surface area contributed by atoms with E-state index in [-0.39, 0.29) is 30.3 Å². The molecule has 6 nitrogen and oxygen atoms in total. The zero-order valence-corrected chi connectivity index (χ0v) is 25.2. The third-order valence-electron chi connectivity index (χ3n) is 7.28. The zero-order chi connectivity index (χ0) is 29.1. The molecule has 2 aromatic carbocycles. The van der Waals surface area contributed by atoms with Crippen LogP contribution in [0.5, 0.6) is 5.75 Å². The van der Waals surface area contributed by atoms with Gasteiger partial charge in [0.25, 0.3) is 0 Å². The Kier molecular flexibility index (Phi) is 12.2. The Bertz CT molecular complexity index is 1080. The van der Waals surface area contributed by atoms with Gasteiger partial charge < -0.3 is 24.6 Å². The van der Waals surface area contributed by atoms with Crippen LogP contribution in [0.4, 0.5) is 0 Å². The van der Waals surface area contributed by atoms with Crippen LogP contribution in [-0.2, 0) is 27.1 Å². The van der Waals surface area contributed by atoms with Gasteiger partial charge in [-0.05, 0) is 108 Å². The summed E-state index contributed by atoms with van der Waals surface area (Å²) in [6, 6.07) is 14.7. The van der Waals surface area contributed by atoms with Crippen molar-refractivity contribution in [2.45, 2.75) is 97.5 Å². The molecule has 1 aliphatic rings. The minimum Gasteiger partial charge on any atom is -0.491 e. The second-order valence-electron chi connectivity index (χ2n) is 11.8. The number of benzene rings is 2. The first-order valence-corrected chi connectivity index (χ1v) is 14.8. The molecule has 0 heterocycles. The molecule has 0 amide bonds. The highest BCUT2D eigenvalue weighted by molar-refractivity contribution is 5.69. The van der Waals surface area contributed by atoms with Crippen molar-refractivity contribution in [3.05, 3.63) is 70.8 Å². The second-order valence-corrected chi connectivity index (χ2v) is 11.8. The van der Waals surface area contributed by atoms with E-state index in [1.54, 1.807) is 0 Å². The fourth-order valence-corrected chi connectivity index (χ4v) is 5.43. The maximum absolute atomic E-state index is 11.7. The lowest BCUT2D eigenvalue weighted by Gasteiger charge is -2.31. The number of carbonyl (C=O) groups is 1. The Labute approximate surface area is 241 Å². The number of aliphatic hydroxyl groups excluding tert-OH is 1. The summed E-state index contributed by atoms with van der Waals surface area (Å²) in [5.74, 6) is 1.21. The number of hydrogen-bond donors (Lipinski definition) is 2. The number of nitrogens with one attached hydrogen (secondary N) is 1. The molecule has 3 rings (SSSR count). The minimum absolute atomic E-state index is 0.0599. The molecule has 220 valence electrons. The number of fused-ring (bicyclic) bond motifs is 1. The van der Waals surface area contributed by atoms with E-state index in [9.17, 15) is 9.90 Å². The normalized spacial score (nSPS) is 15.4.